The van der Waals surface area contributed by atoms with E-state index in [2.05, 4.69) is 4.98 Å². The topological polar surface area (TPSA) is 57.0 Å². The molecule has 0 fully saturated rings. The summed E-state index contributed by atoms with van der Waals surface area (Å²) < 4.78 is 13.4. The first kappa shape index (κ1) is 16.6. The number of hydrogen-bond acceptors (Lipinski definition) is 4. The van der Waals surface area contributed by atoms with E-state index >= 15 is 0 Å². The molecule has 0 saturated heterocycles. The van der Waals surface area contributed by atoms with Gasteiger partial charge in [0.25, 0.3) is 5.91 Å². The Kier molecular flexibility index (Phi) is 4.63. The van der Waals surface area contributed by atoms with Crippen LogP contribution in [-0.2, 0) is 6.42 Å². The number of aromatic nitrogens is 1. The van der Waals surface area contributed by atoms with E-state index in [-0.39, 0.29) is 17.4 Å². The van der Waals surface area contributed by atoms with Gasteiger partial charge in [-0.1, -0.05) is 0 Å². The summed E-state index contributed by atoms with van der Waals surface area (Å²) in [5, 5.41) is 9.98. The van der Waals surface area contributed by atoms with Gasteiger partial charge in [0.1, 0.15) is 11.9 Å². The zero-order valence-electron chi connectivity index (χ0n) is 13.7. The van der Waals surface area contributed by atoms with Crippen molar-refractivity contribution in [3.63, 3.8) is 0 Å². The maximum atomic E-state index is 13.4. The molecule has 0 saturated carbocycles. The van der Waals surface area contributed by atoms with Crippen LogP contribution in [0.25, 0.3) is 0 Å². The van der Waals surface area contributed by atoms with E-state index in [1.54, 1.807) is 29.4 Å². The van der Waals surface area contributed by atoms with Gasteiger partial charge in [0, 0.05) is 30.0 Å². The third-order valence-corrected chi connectivity index (χ3v) is 5.40. The number of aryl methyl sites for hydroxylation is 2. The number of likely N-dealkylation sites (N-methyl/N-ethyl adjacent to an activating group) is 1. The van der Waals surface area contributed by atoms with Crippen LogP contribution in [0.2, 0.25) is 0 Å². The highest BCUT2D eigenvalue weighted by molar-refractivity contribution is 7.11. The van der Waals surface area contributed by atoms with Crippen LogP contribution < -0.4 is 0 Å². The second kappa shape index (κ2) is 6.70. The molecule has 124 valence electrons. The average molecular weight is 343 g/mol. The fourth-order valence-electron chi connectivity index (χ4n) is 3.18. The van der Waals surface area contributed by atoms with Gasteiger partial charge in [-0.25, -0.2) is 9.37 Å². The summed E-state index contributed by atoms with van der Waals surface area (Å²) in [6.45, 7) is 2.59. The summed E-state index contributed by atoms with van der Waals surface area (Å²) in [4.78, 5) is 20.2. The Morgan fingerprint density at radius 3 is 3.08 bits per heavy atom. The Bertz CT molecular complexity index is 824. The van der Waals surface area contributed by atoms with Crippen LogP contribution in [0, 0.1) is 24.1 Å². The number of thiazole rings is 1. The van der Waals surface area contributed by atoms with Gasteiger partial charge in [0.15, 0.2) is 0 Å². The minimum atomic E-state index is -0.605. The van der Waals surface area contributed by atoms with Crippen molar-refractivity contribution in [1.82, 2.24) is 9.88 Å². The zero-order chi connectivity index (χ0) is 17.3. The molecule has 2 aromatic rings. The fraction of sp³-hybridized carbons (Fsp3) is 0.389. The van der Waals surface area contributed by atoms with Gasteiger partial charge in [0.2, 0.25) is 0 Å². The third kappa shape index (κ3) is 3.17. The van der Waals surface area contributed by atoms with Crippen molar-refractivity contribution in [2.75, 3.05) is 13.6 Å². The number of carbonyl (C=O) groups excluding carboxylic acids is 1. The number of nitrogens with zero attached hydrogens (tertiary/aromatic N) is 3. The maximum Gasteiger partial charge on any atom is 0.253 e. The van der Waals surface area contributed by atoms with Gasteiger partial charge < -0.3 is 4.90 Å². The highest BCUT2D eigenvalue weighted by Crippen LogP contribution is 2.35. The van der Waals surface area contributed by atoms with E-state index in [0.29, 0.717) is 12.1 Å². The highest BCUT2D eigenvalue weighted by Gasteiger charge is 2.26. The molecule has 24 heavy (non-hydrogen) atoms. The number of carbonyl (C=O) groups is 1. The first-order chi connectivity index (χ1) is 11.5. The maximum absolute atomic E-state index is 13.4. The molecule has 0 spiro atoms. The van der Waals surface area contributed by atoms with Crippen LogP contribution in [0.3, 0.4) is 0 Å². The van der Waals surface area contributed by atoms with Crippen LogP contribution in [0.5, 0.6) is 0 Å². The van der Waals surface area contributed by atoms with Gasteiger partial charge in [0.05, 0.1) is 16.3 Å². The molecule has 1 aliphatic rings. The lowest BCUT2D eigenvalue weighted by atomic mass is 9.90. The van der Waals surface area contributed by atoms with Crippen molar-refractivity contribution in [3.8, 4) is 6.07 Å². The molecule has 1 aliphatic carbocycles. The van der Waals surface area contributed by atoms with Crippen molar-refractivity contribution in [1.29, 1.82) is 5.26 Å². The van der Waals surface area contributed by atoms with Crippen molar-refractivity contribution < 1.29 is 9.18 Å². The molecule has 0 bridgehead atoms. The average Bonchev–Trinajstić information content (AvgIpc) is 2.96. The van der Waals surface area contributed by atoms with Crippen LogP contribution in [0.4, 0.5) is 4.39 Å². The summed E-state index contributed by atoms with van der Waals surface area (Å²) in [6.07, 6.45) is 3.19. The quantitative estimate of drug-likeness (QED) is 0.855. The molecule has 1 amide bonds. The number of rotatable bonds is 3. The predicted octanol–water partition coefficient (Wildman–Crippen LogP) is 3.65. The molecule has 3 rings (SSSR count). The second-order valence-electron chi connectivity index (χ2n) is 6.12. The zero-order valence-corrected chi connectivity index (χ0v) is 14.5. The first-order valence-corrected chi connectivity index (χ1v) is 8.72. The predicted molar refractivity (Wildman–Crippen MR) is 90.6 cm³/mol. The molecular weight excluding hydrogens is 325 g/mol. The summed E-state index contributed by atoms with van der Waals surface area (Å²) in [5.41, 5.74) is 1.35. The molecule has 1 aromatic heterocycles. The van der Waals surface area contributed by atoms with Crippen molar-refractivity contribution in [2.45, 2.75) is 32.1 Å². The van der Waals surface area contributed by atoms with Crippen LogP contribution in [0.15, 0.2) is 18.2 Å². The Labute approximate surface area is 144 Å². The van der Waals surface area contributed by atoms with Crippen molar-refractivity contribution in [2.24, 2.45) is 0 Å². The standard InChI is InChI=1S/C18H18FN3OS/c1-11-21-17-13(4-3-5-16(17)24-11)10-22(2)18(23)12-6-7-15(19)14(8-12)9-20/h6-8,13H,3-5,10H2,1-2H3/t13-/m1/s1. The molecule has 0 unspecified atom stereocenters. The highest BCUT2D eigenvalue weighted by atomic mass is 32.1. The fourth-order valence-corrected chi connectivity index (χ4v) is 4.25. The van der Waals surface area contributed by atoms with Gasteiger partial charge in [-0.3, -0.25) is 4.79 Å². The summed E-state index contributed by atoms with van der Waals surface area (Å²) in [5.74, 6) is -0.569. The van der Waals surface area contributed by atoms with E-state index in [1.165, 1.54) is 23.1 Å². The molecule has 4 nitrogen and oxygen atoms in total. The number of benzene rings is 1. The normalized spacial score (nSPS) is 16.3. The van der Waals surface area contributed by atoms with Gasteiger partial charge in [-0.2, -0.15) is 5.26 Å². The Morgan fingerprint density at radius 1 is 1.54 bits per heavy atom. The number of halogens is 1. The summed E-state index contributed by atoms with van der Waals surface area (Å²) in [7, 11) is 1.74. The molecule has 0 radical (unpaired) electrons. The molecule has 1 atom stereocenters. The monoisotopic (exact) mass is 343 g/mol. The van der Waals surface area contributed by atoms with Gasteiger partial charge >= 0.3 is 0 Å². The third-order valence-electron chi connectivity index (χ3n) is 4.35. The first-order valence-electron chi connectivity index (χ1n) is 7.91. The lowest BCUT2D eigenvalue weighted by Crippen LogP contribution is -2.32. The van der Waals surface area contributed by atoms with Crippen LogP contribution >= 0.6 is 11.3 Å². The second-order valence-corrected chi connectivity index (χ2v) is 7.41. The Balaban J connectivity index is 1.77. The van der Waals surface area contributed by atoms with Gasteiger partial charge in [-0.15, -0.1) is 11.3 Å². The van der Waals surface area contributed by atoms with Crippen LogP contribution in [0.1, 0.15) is 50.3 Å². The lowest BCUT2D eigenvalue weighted by Gasteiger charge is -2.26. The molecule has 0 aliphatic heterocycles. The molecule has 1 aromatic carbocycles. The van der Waals surface area contributed by atoms with E-state index in [0.717, 1.165) is 30.0 Å². The van der Waals surface area contributed by atoms with E-state index in [1.807, 2.05) is 6.92 Å². The molecular formula is C18H18FN3OS. The van der Waals surface area contributed by atoms with E-state index in [9.17, 15) is 9.18 Å². The molecule has 0 N–H and O–H groups in total. The number of nitriles is 1. The van der Waals surface area contributed by atoms with Crippen molar-refractivity contribution in [3.05, 3.63) is 50.7 Å². The Hall–Kier alpha value is -2.26. The largest absolute Gasteiger partial charge is 0.341 e. The number of amides is 1. The number of hydrogen-bond donors (Lipinski definition) is 0. The SMILES string of the molecule is Cc1nc2c(s1)CCC[C@@H]2CN(C)C(=O)c1ccc(F)c(C#N)c1. The van der Waals surface area contributed by atoms with Crippen molar-refractivity contribution >= 4 is 17.2 Å². The van der Waals surface area contributed by atoms with Gasteiger partial charge in [-0.05, 0) is 44.4 Å². The minimum absolute atomic E-state index is 0.107. The smallest absolute Gasteiger partial charge is 0.253 e. The minimum Gasteiger partial charge on any atom is -0.341 e. The van der Waals surface area contributed by atoms with Crippen LogP contribution in [-0.4, -0.2) is 29.4 Å². The molecule has 6 heteroatoms. The van der Waals surface area contributed by atoms with E-state index in [4.69, 9.17) is 5.26 Å². The molecule has 1 heterocycles. The summed E-state index contributed by atoms with van der Waals surface area (Å²) in [6, 6.07) is 5.68. The number of fused-ring (bicyclic) bond motifs is 1. The summed E-state index contributed by atoms with van der Waals surface area (Å²) >= 11 is 1.74. The Morgan fingerprint density at radius 2 is 2.33 bits per heavy atom. The lowest BCUT2D eigenvalue weighted by molar-refractivity contribution is 0.0783. The van der Waals surface area contributed by atoms with E-state index < -0.39 is 5.82 Å².